The number of aryl methyl sites for hydroxylation is 1. The van der Waals surface area contributed by atoms with E-state index in [1.807, 2.05) is 11.5 Å². The normalized spacial score (nSPS) is 19.8. The number of hydrogen-bond donors (Lipinski definition) is 2. The molecule has 2 N–H and O–H groups in total. The molecule has 0 spiro atoms. The zero-order chi connectivity index (χ0) is 23.2. The number of anilines is 2. The van der Waals surface area contributed by atoms with Gasteiger partial charge in [0.25, 0.3) is 0 Å². The summed E-state index contributed by atoms with van der Waals surface area (Å²) in [5.41, 5.74) is 1.52. The topological polar surface area (TPSA) is 119 Å². The summed E-state index contributed by atoms with van der Waals surface area (Å²) in [6, 6.07) is 4.76. The molecule has 1 saturated heterocycles. The van der Waals surface area contributed by atoms with E-state index >= 15 is 0 Å². The third-order valence-electron chi connectivity index (χ3n) is 6.14. The van der Waals surface area contributed by atoms with Crippen LogP contribution in [-0.2, 0) is 14.6 Å². The summed E-state index contributed by atoms with van der Waals surface area (Å²) in [5, 5.41) is 13.3. The molecule has 1 fully saturated rings. The molecular formula is C22H25ClFN5O4S. The maximum absolute atomic E-state index is 14.8. The summed E-state index contributed by atoms with van der Waals surface area (Å²) in [6.45, 7) is 3.16. The summed E-state index contributed by atoms with van der Waals surface area (Å²) >= 11 is 0. The van der Waals surface area contributed by atoms with Gasteiger partial charge < -0.3 is 19.7 Å². The predicted molar refractivity (Wildman–Crippen MR) is 126 cm³/mol. The van der Waals surface area contributed by atoms with Crippen molar-refractivity contribution in [2.45, 2.75) is 43.2 Å². The molecule has 0 saturated carbocycles. The molecule has 2 aromatic heterocycles. The Kier molecular flexibility index (Phi) is 6.90. The Morgan fingerprint density at radius 1 is 1.18 bits per heavy atom. The SMILES string of the molecule is Cc1ncc(-c2nc(Nc3ccc4c(c3)C(O)CCS4(=O)=O)ncc2F)n1C1CCOCC1.Cl. The fourth-order valence-electron chi connectivity index (χ4n) is 4.47. The van der Waals surface area contributed by atoms with E-state index in [0.717, 1.165) is 24.9 Å². The lowest BCUT2D eigenvalue weighted by molar-refractivity contribution is 0.0694. The van der Waals surface area contributed by atoms with E-state index in [1.54, 1.807) is 18.3 Å². The summed E-state index contributed by atoms with van der Waals surface area (Å²) in [7, 11) is -3.41. The van der Waals surface area contributed by atoms with Crippen LogP contribution in [-0.4, -0.2) is 52.0 Å². The number of nitrogens with one attached hydrogen (secondary N) is 1. The smallest absolute Gasteiger partial charge is 0.227 e. The van der Waals surface area contributed by atoms with Crippen LogP contribution in [0.2, 0.25) is 0 Å². The number of benzene rings is 1. The predicted octanol–water partition coefficient (Wildman–Crippen LogP) is 3.52. The number of rotatable bonds is 4. The van der Waals surface area contributed by atoms with Gasteiger partial charge in [0, 0.05) is 30.5 Å². The molecule has 1 unspecified atom stereocenters. The van der Waals surface area contributed by atoms with Gasteiger partial charge in [-0.2, -0.15) is 0 Å². The minimum atomic E-state index is -3.41. The van der Waals surface area contributed by atoms with Crippen LogP contribution in [0.3, 0.4) is 0 Å². The van der Waals surface area contributed by atoms with Crippen LogP contribution in [0.1, 0.15) is 42.8 Å². The molecule has 1 atom stereocenters. The molecule has 182 valence electrons. The molecule has 12 heteroatoms. The van der Waals surface area contributed by atoms with Gasteiger partial charge in [0.15, 0.2) is 15.7 Å². The average Bonchev–Trinajstić information content (AvgIpc) is 3.19. The maximum atomic E-state index is 14.8. The van der Waals surface area contributed by atoms with Crippen LogP contribution in [0.5, 0.6) is 0 Å². The minimum absolute atomic E-state index is 0. The highest BCUT2D eigenvalue weighted by Crippen LogP contribution is 2.35. The Hall–Kier alpha value is -2.60. The summed E-state index contributed by atoms with van der Waals surface area (Å²) in [6.07, 6.45) is 3.60. The molecule has 3 aromatic rings. The van der Waals surface area contributed by atoms with E-state index in [-0.39, 0.29) is 47.2 Å². The first kappa shape index (κ1) is 24.5. The highest BCUT2D eigenvalue weighted by Gasteiger charge is 2.29. The average molecular weight is 510 g/mol. The van der Waals surface area contributed by atoms with E-state index in [0.29, 0.717) is 30.2 Å². The highest BCUT2D eigenvalue weighted by molar-refractivity contribution is 7.91. The first-order valence-corrected chi connectivity index (χ1v) is 12.4. The largest absolute Gasteiger partial charge is 0.388 e. The molecule has 2 aliphatic heterocycles. The maximum Gasteiger partial charge on any atom is 0.227 e. The van der Waals surface area contributed by atoms with Gasteiger partial charge in [-0.25, -0.2) is 27.8 Å². The van der Waals surface area contributed by atoms with Crippen LogP contribution in [0.25, 0.3) is 11.4 Å². The van der Waals surface area contributed by atoms with Gasteiger partial charge in [-0.3, -0.25) is 0 Å². The Morgan fingerprint density at radius 3 is 2.71 bits per heavy atom. The molecule has 0 bridgehead atoms. The van der Waals surface area contributed by atoms with E-state index < -0.39 is 21.8 Å². The lowest BCUT2D eigenvalue weighted by Crippen LogP contribution is -2.21. The van der Waals surface area contributed by atoms with Gasteiger partial charge in [0.2, 0.25) is 5.95 Å². The number of nitrogens with zero attached hydrogens (tertiary/aromatic N) is 4. The molecule has 0 radical (unpaired) electrons. The number of sulfone groups is 1. The molecule has 2 aliphatic rings. The van der Waals surface area contributed by atoms with Crippen molar-refractivity contribution in [2.24, 2.45) is 0 Å². The number of aliphatic hydroxyl groups excluding tert-OH is 1. The first-order valence-electron chi connectivity index (χ1n) is 10.8. The van der Waals surface area contributed by atoms with Crippen LogP contribution < -0.4 is 5.32 Å². The van der Waals surface area contributed by atoms with Crippen LogP contribution in [0.15, 0.2) is 35.5 Å². The lowest BCUT2D eigenvalue weighted by atomic mass is 10.1. The van der Waals surface area contributed by atoms with Crippen molar-refractivity contribution in [1.29, 1.82) is 0 Å². The van der Waals surface area contributed by atoms with E-state index in [9.17, 15) is 17.9 Å². The number of hydrogen-bond acceptors (Lipinski definition) is 8. The Morgan fingerprint density at radius 2 is 1.94 bits per heavy atom. The van der Waals surface area contributed by atoms with Crippen molar-refractivity contribution in [3.8, 4) is 11.4 Å². The second-order valence-corrected chi connectivity index (χ2v) is 10.4. The zero-order valence-electron chi connectivity index (χ0n) is 18.4. The second kappa shape index (κ2) is 9.57. The molecule has 4 heterocycles. The van der Waals surface area contributed by atoms with Crippen LogP contribution in [0.4, 0.5) is 16.0 Å². The quantitative estimate of drug-likeness (QED) is 0.548. The van der Waals surface area contributed by atoms with E-state index in [4.69, 9.17) is 4.74 Å². The van der Waals surface area contributed by atoms with Gasteiger partial charge in [-0.05, 0) is 44.4 Å². The number of fused-ring (bicyclic) bond motifs is 1. The Bertz CT molecular complexity index is 1310. The fourth-order valence-corrected chi connectivity index (χ4v) is 6.05. The third kappa shape index (κ3) is 4.52. The summed E-state index contributed by atoms with van der Waals surface area (Å²) in [5.74, 6) is 0.269. The Labute approximate surface area is 202 Å². The molecule has 9 nitrogen and oxygen atoms in total. The molecule has 1 aromatic carbocycles. The number of halogens is 2. The number of ether oxygens (including phenoxy) is 1. The van der Waals surface area contributed by atoms with Gasteiger partial charge in [-0.1, -0.05) is 0 Å². The summed E-state index contributed by atoms with van der Waals surface area (Å²) in [4.78, 5) is 12.9. The van der Waals surface area contributed by atoms with Crippen molar-refractivity contribution in [3.63, 3.8) is 0 Å². The fraction of sp³-hybridized carbons (Fsp3) is 0.409. The number of imidazole rings is 1. The van der Waals surface area contributed by atoms with Crippen LogP contribution >= 0.6 is 12.4 Å². The summed E-state index contributed by atoms with van der Waals surface area (Å²) < 4.78 is 46.8. The monoisotopic (exact) mass is 509 g/mol. The van der Waals surface area contributed by atoms with Gasteiger partial charge in [0.1, 0.15) is 11.5 Å². The Balaban J connectivity index is 0.00000274. The van der Waals surface area contributed by atoms with Crippen molar-refractivity contribution >= 4 is 33.9 Å². The van der Waals surface area contributed by atoms with Crippen molar-refractivity contribution < 1.29 is 22.7 Å². The van der Waals surface area contributed by atoms with E-state index in [1.165, 1.54) is 6.07 Å². The van der Waals surface area contributed by atoms with Crippen molar-refractivity contribution in [3.05, 3.63) is 47.8 Å². The van der Waals surface area contributed by atoms with Gasteiger partial charge in [0.05, 0.1) is 34.8 Å². The standard InChI is InChI=1S/C22H24FN5O4S.ClH/c1-13-24-12-18(28(13)15-4-7-32-8-5-15)21-17(23)11-25-22(27-21)26-14-2-3-20-16(10-14)19(29)6-9-33(20,30)31;/h2-3,10-12,15,19,29H,4-9H2,1H3,(H,25,26,27);1H. The molecule has 0 aliphatic carbocycles. The second-order valence-electron chi connectivity index (χ2n) is 8.30. The van der Waals surface area contributed by atoms with Crippen molar-refractivity contribution in [2.75, 3.05) is 24.3 Å². The lowest BCUT2D eigenvalue weighted by Gasteiger charge is -2.26. The first-order chi connectivity index (χ1) is 15.8. The minimum Gasteiger partial charge on any atom is -0.388 e. The molecule has 5 rings (SSSR count). The molecular weight excluding hydrogens is 485 g/mol. The van der Waals surface area contributed by atoms with Gasteiger partial charge >= 0.3 is 0 Å². The number of aromatic nitrogens is 4. The van der Waals surface area contributed by atoms with Gasteiger partial charge in [-0.15, -0.1) is 12.4 Å². The van der Waals surface area contributed by atoms with Crippen LogP contribution in [0, 0.1) is 12.7 Å². The van der Waals surface area contributed by atoms with Crippen molar-refractivity contribution in [1.82, 2.24) is 19.5 Å². The molecule has 34 heavy (non-hydrogen) atoms. The van der Waals surface area contributed by atoms with E-state index in [2.05, 4.69) is 20.3 Å². The molecule has 0 amide bonds. The third-order valence-corrected chi connectivity index (χ3v) is 7.96. The number of aliphatic hydroxyl groups is 1. The highest BCUT2D eigenvalue weighted by atomic mass is 35.5. The zero-order valence-corrected chi connectivity index (χ0v) is 20.1.